The van der Waals surface area contributed by atoms with Gasteiger partial charge in [-0.05, 0) is 12.0 Å². The molecule has 0 aliphatic heterocycles. The van der Waals surface area contributed by atoms with Crippen LogP contribution in [0.25, 0.3) is 0 Å². The van der Waals surface area contributed by atoms with E-state index in [4.69, 9.17) is 11.6 Å². The number of rotatable bonds is 5. The van der Waals surface area contributed by atoms with Crippen LogP contribution < -0.4 is 0 Å². The van der Waals surface area contributed by atoms with Crippen LogP contribution in [0.15, 0.2) is 30.3 Å². The van der Waals surface area contributed by atoms with Crippen molar-refractivity contribution in [1.29, 1.82) is 0 Å². The van der Waals surface area contributed by atoms with Crippen LogP contribution >= 0.6 is 11.6 Å². The highest BCUT2D eigenvalue weighted by molar-refractivity contribution is 7.94. The predicted octanol–water partition coefficient (Wildman–Crippen LogP) is 2.50. The predicted molar refractivity (Wildman–Crippen MR) is 69.7 cm³/mol. The van der Waals surface area contributed by atoms with Crippen molar-refractivity contribution in [1.82, 2.24) is 0 Å². The standard InChI is InChI=1S/C12H17ClO3S/c1-3-12(13,17(15,16)4-2)11(14)10-8-6-5-7-9-10/h5-9,11,14H,3-4H2,1-2H3/t11-,12-/m1/s1. The van der Waals surface area contributed by atoms with Gasteiger partial charge in [0.05, 0.1) is 0 Å². The lowest BCUT2D eigenvalue weighted by Crippen LogP contribution is -2.39. The minimum Gasteiger partial charge on any atom is -0.385 e. The lowest BCUT2D eigenvalue weighted by atomic mass is 10.0. The second-order valence-electron chi connectivity index (χ2n) is 3.86. The summed E-state index contributed by atoms with van der Waals surface area (Å²) in [7, 11) is -3.54. The topological polar surface area (TPSA) is 54.4 Å². The quantitative estimate of drug-likeness (QED) is 0.841. The Labute approximate surface area is 107 Å². The van der Waals surface area contributed by atoms with E-state index in [0.29, 0.717) is 5.56 Å². The molecular formula is C12H17ClO3S. The molecule has 0 aliphatic rings. The van der Waals surface area contributed by atoms with Gasteiger partial charge in [0.25, 0.3) is 0 Å². The molecule has 0 spiro atoms. The number of hydrogen-bond donors (Lipinski definition) is 1. The number of hydrogen-bond acceptors (Lipinski definition) is 3. The summed E-state index contributed by atoms with van der Waals surface area (Å²) >= 11 is 6.16. The van der Waals surface area contributed by atoms with Crippen molar-refractivity contribution in [2.45, 2.75) is 30.6 Å². The first-order valence-electron chi connectivity index (χ1n) is 5.53. The van der Waals surface area contributed by atoms with E-state index < -0.39 is 20.1 Å². The van der Waals surface area contributed by atoms with Gasteiger partial charge in [-0.15, -0.1) is 0 Å². The summed E-state index contributed by atoms with van der Waals surface area (Å²) in [5.74, 6) is -0.0891. The fraction of sp³-hybridized carbons (Fsp3) is 0.500. The second kappa shape index (κ2) is 5.38. The molecule has 1 N–H and O–H groups in total. The highest BCUT2D eigenvalue weighted by Gasteiger charge is 2.46. The minimum atomic E-state index is -3.54. The van der Waals surface area contributed by atoms with E-state index in [1.54, 1.807) is 37.3 Å². The van der Waals surface area contributed by atoms with E-state index in [9.17, 15) is 13.5 Å². The minimum absolute atomic E-state index is 0.0891. The average molecular weight is 277 g/mol. The molecule has 0 radical (unpaired) electrons. The summed E-state index contributed by atoms with van der Waals surface area (Å²) in [5, 5.41) is 10.2. The molecule has 0 bridgehead atoms. The van der Waals surface area contributed by atoms with Gasteiger partial charge in [0.15, 0.2) is 14.0 Å². The third-order valence-corrected chi connectivity index (χ3v) is 6.39. The maximum absolute atomic E-state index is 12.0. The fourth-order valence-corrected chi connectivity index (χ4v) is 3.56. The van der Waals surface area contributed by atoms with E-state index in [0.717, 1.165) is 0 Å². The zero-order valence-corrected chi connectivity index (χ0v) is 11.5. The maximum atomic E-state index is 12.0. The van der Waals surface area contributed by atoms with Crippen LogP contribution in [0.1, 0.15) is 31.9 Å². The summed E-state index contributed by atoms with van der Waals surface area (Å²) in [6, 6.07) is 8.62. The molecule has 5 heteroatoms. The monoisotopic (exact) mass is 276 g/mol. The molecule has 0 amide bonds. The Morgan fingerprint density at radius 2 is 1.82 bits per heavy atom. The molecule has 0 heterocycles. The molecule has 17 heavy (non-hydrogen) atoms. The van der Waals surface area contributed by atoms with Gasteiger partial charge in [0.2, 0.25) is 0 Å². The van der Waals surface area contributed by atoms with Crippen LogP contribution in [0, 0.1) is 0 Å². The van der Waals surface area contributed by atoms with Crippen molar-refractivity contribution in [2.24, 2.45) is 0 Å². The first-order chi connectivity index (χ1) is 7.89. The van der Waals surface area contributed by atoms with Gasteiger partial charge in [0.1, 0.15) is 6.10 Å². The van der Waals surface area contributed by atoms with Crippen LogP contribution in [0.4, 0.5) is 0 Å². The van der Waals surface area contributed by atoms with Crippen LogP contribution in [0.5, 0.6) is 0 Å². The molecule has 1 aromatic carbocycles. The first kappa shape index (κ1) is 14.5. The smallest absolute Gasteiger partial charge is 0.175 e. The van der Waals surface area contributed by atoms with Crippen LogP contribution in [-0.2, 0) is 9.84 Å². The summed E-state index contributed by atoms with van der Waals surface area (Å²) in [4.78, 5) is 0. The van der Waals surface area contributed by atoms with Crippen molar-refractivity contribution >= 4 is 21.4 Å². The molecule has 1 aromatic rings. The normalized spacial score (nSPS) is 17.4. The molecule has 0 fully saturated rings. The van der Waals surface area contributed by atoms with Crippen molar-refractivity contribution in [3.63, 3.8) is 0 Å². The second-order valence-corrected chi connectivity index (χ2v) is 7.29. The Bertz CT molecular complexity index is 458. The number of aliphatic hydroxyl groups excluding tert-OH is 1. The molecule has 2 atom stereocenters. The maximum Gasteiger partial charge on any atom is 0.175 e. The van der Waals surface area contributed by atoms with E-state index >= 15 is 0 Å². The molecule has 96 valence electrons. The molecule has 0 unspecified atom stereocenters. The average Bonchev–Trinajstić information content (AvgIpc) is 2.37. The third-order valence-electron chi connectivity index (χ3n) is 2.90. The molecule has 0 aliphatic carbocycles. The summed E-state index contributed by atoms with van der Waals surface area (Å²) in [6.07, 6.45) is -1.07. The Balaban J connectivity index is 3.20. The lowest BCUT2D eigenvalue weighted by molar-refractivity contribution is 0.154. The van der Waals surface area contributed by atoms with Crippen molar-refractivity contribution < 1.29 is 13.5 Å². The lowest BCUT2D eigenvalue weighted by Gasteiger charge is -2.30. The number of alkyl halides is 1. The molecule has 0 aromatic heterocycles. The van der Waals surface area contributed by atoms with Crippen LogP contribution in [0.2, 0.25) is 0 Å². The van der Waals surface area contributed by atoms with Gasteiger partial charge in [-0.2, -0.15) is 0 Å². The molecule has 0 saturated heterocycles. The van der Waals surface area contributed by atoms with Gasteiger partial charge < -0.3 is 5.11 Å². The summed E-state index contributed by atoms with van der Waals surface area (Å²) in [5.41, 5.74) is 0.515. The van der Waals surface area contributed by atoms with Crippen molar-refractivity contribution in [2.75, 3.05) is 5.75 Å². The number of sulfone groups is 1. The number of aliphatic hydroxyl groups is 1. The van der Waals surface area contributed by atoms with Crippen molar-refractivity contribution in [3.05, 3.63) is 35.9 Å². The molecule has 0 saturated carbocycles. The van der Waals surface area contributed by atoms with Crippen molar-refractivity contribution in [3.8, 4) is 0 Å². The van der Waals surface area contributed by atoms with Gasteiger partial charge in [-0.25, -0.2) is 8.42 Å². The van der Waals surface area contributed by atoms with Crippen LogP contribution in [0.3, 0.4) is 0 Å². The Hall–Kier alpha value is -0.580. The SMILES string of the molecule is CC[C@](Cl)([C@H](O)c1ccccc1)S(=O)(=O)CC. The highest BCUT2D eigenvalue weighted by Crippen LogP contribution is 2.40. The summed E-state index contributed by atoms with van der Waals surface area (Å²) in [6.45, 7) is 3.19. The van der Waals surface area contributed by atoms with Crippen LogP contribution in [-0.4, -0.2) is 23.5 Å². The van der Waals surface area contributed by atoms with E-state index in [2.05, 4.69) is 0 Å². The number of benzene rings is 1. The summed E-state index contributed by atoms with van der Waals surface area (Å²) < 4.78 is 22.3. The Morgan fingerprint density at radius 1 is 1.29 bits per heavy atom. The number of halogens is 1. The molecule has 3 nitrogen and oxygen atoms in total. The first-order valence-corrected chi connectivity index (χ1v) is 7.56. The third kappa shape index (κ3) is 2.64. The van der Waals surface area contributed by atoms with Gasteiger partial charge in [-0.3, -0.25) is 0 Å². The van der Waals surface area contributed by atoms with Gasteiger partial charge >= 0.3 is 0 Å². The highest BCUT2D eigenvalue weighted by atomic mass is 35.5. The Kier molecular flexibility index (Phi) is 4.58. The zero-order chi connectivity index (χ0) is 13.1. The Morgan fingerprint density at radius 3 is 2.24 bits per heavy atom. The molecular weight excluding hydrogens is 260 g/mol. The fourth-order valence-electron chi connectivity index (χ4n) is 1.71. The van der Waals surface area contributed by atoms with E-state index in [-0.39, 0.29) is 12.2 Å². The van der Waals surface area contributed by atoms with E-state index in [1.807, 2.05) is 0 Å². The zero-order valence-electron chi connectivity index (χ0n) is 9.93. The van der Waals surface area contributed by atoms with E-state index in [1.165, 1.54) is 6.92 Å². The van der Waals surface area contributed by atoms with Gasteiger partial charge in [0, 0.05) is 5.75 Å². The van der Waals surface area contributed by atoms with Gasteiger partial charge in [-0.1, -0.05) is 55.8 Å². The largest absolute Gasteiger partial charge is 0.385 e. The molecule has 1 rings (SSSR count).